The Morgan fingerprint density at radius 1 is 0.967 bits per heavy atom. The number of aromatic hydroxyl groups is 1. The molecule has 0 fully saturated rings. The Morgan fingerprint density at radius 2 is 1.70 bits per heavy atom. The second-order valence-electron chi connectivity index (χ2n) is 6.47. The van der Waals surface area contributed by atoms with Gasteiger partial charge in [-0.25, -0.2) is 13.8 Å². The average molecular weight is 405 g/mol. The van der Waals surface area contributed by atoms with Gasteiger partial charge < -0.3 is 20.9 Å². The molecule has 4 rings (SSSR count). The number of hydrogen-bond donors (Lipinski definition) is 3. The number of para-hydroxylation sites is 1. The number of phenolic OH excluding ortho intramolecular Hbond substituents is 1. The molecule has 0 aliphatic carbocycles. The van der Waals surface area contributed by atoms with Gasteiger partial charge in [-0.3, -0.25) is 0 Å². The van der Waals surface area contributed by atoms with Gasteiger partial charge in [0.05, 0.1) is 16.9 Å². The number of pyridine rings is 1. The van der Waals surface area contributed by atoms with Crippen molar-refractivity contribution >= 4 is 22.3 Å². The van der Waals surface area contributed by atoms with E-state index in [1.165, 1.54) is 6.20 Å². The summed E-state index contributed by atoms with van der Waals surface area (Å²) >= 11 is 0. The molecule has 1 aromatic heterocycles. The third kappa shape index (κ3) is 4.00. The fourth-order valence-electron chi connectivity index (χ4n) is 2.88. The molecule has 0 bridgehead atoms. The molecule has 0 saturated carbocycles. The SMILES string of the molecule is N/C(=C\Nc1cc(F)c(O)c(F)c1)c1ccc2c(Oc3ccccc3)cccc2n1. The van der Waals surface area contributed by atoms with Crippen LogP contribution in [0.3, 0.4) is 0 Å². The van der Waals surface area contributed by atoms with Crippen LogP contribution in [0, 0.1) is 11.6 Å². The Morgan fingerprint density at radius 3 is 2.43 bits per heavy atom. The van der Waals surface area contributed by atoms with E-state index in [2.05, 4.69) is 10.3 Å². The van der Waals surface area contributed by atoms with E-state index < -0.39 is 17.4 Å². The zero-order valence-electron chi connectivity index (χ0n) is 15.6. The van der Waals surface area contributed by atoms with Gasteiger partial charge in [0.2, 0.25) is 0 Å². The van der Waals surface area contributed by atoms with Crippen LogP contribution in [-0.4, -0.2) is 10.1 Å². The lowest BCUT2D eigenvalue weighted by Crippen LogP contribution is -2.03. The molecule has 0 aliphatic rings. The standard InChI is InChI=1S/C23H17F2N3O2/c24-17-11-14(12-18(25)23(17)29)27-13-19(26)21-10-9-16-20(28-21)7-4-8-22(16)30-15-5-2-1-3-6-15/h1-13,27,29H,26H2/b19-13-. The zero-order valence-corrected chi connectivity index (χ0v) is 15.6. The molecule has 30 heavy (non-hydrogen) atoms. The van der Waals surface area contributed by atoms with Crippen molar-refractivity contribution in [1.29, 1.82) is 0 Å². The average Bonchev–Trinajstić information content (AvgIpc) is 2.76. The third-order valence-electron chi connectivity index (χ3n) is 4.37. The lowest BCUT2D eigenvalue weighted by atomic mass is 10.1. The van der Waals surface area contributed by atoms with Gasteiger partial charge >= 0.3 is 0 Å². The highest BCUT2D eigenvalue weighted by atomic mass is 19.1. The van der Waals surface area contributed by atoms with E-state index in [-0.39, 0.29) is 11.4 Å². The summed E-state index contributed by atoms with van der Waals surface area (Å²) in [5.74, 6) is -1.79. The first kappa shape index (κ1) is 19.2. The van der Waals surface area contributed by atoms with Gasteiger partial charge in [-0.15, -0.1) is 0 Å². The van der Waals surface area contributed by atoms with Crippen LogP contribution < -0.4 is 15.8 Å². The van der Waals surface area contributed by atoms with Gasteiger partial charge in [0.1, 0.15) is 11.5 Å². The number of aromatic nitrogens is 1. The maximum absolute atomic E-state index is 13.4. The van der Waals surface area contributed by atoms with Crippen molar-refractivity contribution in [2.24, 2.45) is 5.73 Å². The summed E-state index contributed by atoms with van der Waals surface area (Å²) in [5, 5.41) is 12.7. The minimum absolute atomic E-state index is 0.102. The molecule has 1 heterocycles. The van der Waals surface area contributed by atoms with Crippen LogP contribution in [0.4, 0.5) is 14.5 Å². The number of nitrogens with zero attached hydrogens (tertiary/aromatic N) is 1. The van der Waals surface area contributed by atoms with Gasteiger partial charge in [-0.1, -0.05) is 24.3 Å². The first-order valence-corrected chi connectivity index (χ1v) is 9.04. The lowest BCUT2D eigenvalue weighted by molar-refractivity contribution is 0.396. The van der Waals surface area contributed by atoms with Crippen molar-refractivity contribution in [2.45, 2.75) is 0 Å². The number of hydrogen-bond acceptors (Lipinski definition) is 5. The van der Waals surface area contributed by atoms with Crippen LogP contribution >= 0.6 is 0 Å². The molecule has 4 N–H and O–H groups in total. The van der Waals surface area contributed by atoms with Crippen LogP contribution in [-0.2, 0) is 0 Å². The predicted octanol–water partition coefficient (Wildman–Crippen LogP) is 5.38. The number of nitrogens with two attached hydrogens (primary N) is 1. The third-order valence-corrected chi connectivity index (χ3v) is 4.37. The maximum Gasteiger partial charge on any atom is 0.187 e. The van der Waals surface area contributed by atoms with Crippen molar-refractivity contribution in [3.63, 3.8) is 0 Å². The van der Waals surface area contributed by atoms with Crippen LogP contribution in [0.25, 0.3) is 16.6 Å². The first-order chi connectivity index (χ1) is 14.5. The number of benzene rings is 3. The number of rotatable bonds is 5. The Kier molecular flexibility index (Phi) is 5.17. The topological polar surface area (TPSA) is 80.4 Å². The number of phenols is 1. The molecule has 3 aromatic carbocycles. The second kappa shape index (κ2) is 8.08. The van der Waals surface area contributed by atoms with Gasteiger partial charge in [0.25, 0.3) is 0 Å². The number of anilines is 1. The Labute approximate surface area is 171 Å². The number of nitrogens with one attached hydrogen (secondary N) is 1. The Balaban J connectivity index is 1.59. The second-order valence-corrected chi connectivity index (χ2v) is 6.47. The highest BCUT2D eigenvalue weighted by Gasteiger charge is 2.10. The fraction of sp³-hybridized carbons (Fsp3) is 0. The van der Waals surface area contributed by atoms with Crippen LogP contribution in [0.2, 0.25) is 0 Å². The molecule has 4 aromatic rings. The van der Waals surface area contributed by atoms with Crippen LogP contribution in [0.15, 0.2) is 79.0 Å². The highest BCUT2D eigenvalue weighted by molar-refractivity contribution is 5.86. The quantitative estimate of drug-likeness (QED) is 0.389. The number of fused-ring (bicyclic) bond motifs is 1. The van der Waals surface area contributed by atoms with Crippen molar-refractivity contribution in [1.82, 2.24) is 4.98 Å². The van der Waals surface area contributed by atoms with Gasteiger partial charge in [0, 0.05) is 29.4 Å². The molecule has 150 valence electrons. The number of halogens is 2. The van der Waals surface area contributed by atoms with E-state index in [4.69, 9.17) is 15.6 Å². The molecule has 0 spiro atoms. The predicted molar refractivity (Wildman–Crippen MR) is 112 cm³/mol. The molecule has 0 saturated heterocycles. The Hall–Kier alpha value is -4.13. The van der Waals surface area contributed by atoms with Gasteiger partial charge in [-0.2, -0.15) is 0 Å². The summed E-state index contributed by atoms with van der Waals surface area (Å²) in [6.07, 6.45) is 1.38. The summed E-state index contributed by atoms with van der Waals surface area (Å²) in [5.41, 5.74) is 7.59. The molecule has 0 aliphatic heterocycles. The highest BCUT2D eigenvalue weighted by Crippen LogP contribution is 2.30. The van der Waals surface area contributed by atoms with E-state index in [9.17, 15) is 8.78 Å². The molecular weight excluding hydrogens is 388 g/mol. The monoisotopic (exact) mass is 405 g/mol. The van der Waals surface area contributed by atoms with Gasteiger partial charge in [-0.05, 0) is 36.4 Å². The lowest BCUT2D eigenvalue weighted by Gasteiger charge is -2.10. The van der Waals surface area contributed by atoms with Crippen molar-refractivity contribution in [3.05, 3.63) is 96.3 Å². The molecular formula is C23H17F2N3O2. The maximum atomic E-state index is 13.4. The largest absolute Gasteiger partial charge is 0.503 e. The minimum atomic E-state index is -1.07. The summed E-state index contributed by atoms with van der Waals surface area (Å²) in [7, 11) is 0. The van der Waals surface area contributed by atoms with E-state index >= 15 is 0 Å². The number of ether oxygens (including phenoxy) is 1. The van der Waals surface area contributed by atoms with Crippen molar-refractivity contribution in [3.8, 4) is 17.2 Å². The summed E-state index contributed by atoms with van der Waals surface area (Å²) in [6, 6.07) is 20.4. The van der Waals surface area contributed by atoms with Crippen molar-refractivity contribution < 1.29 is 18.6 Å². The van der Waals surface area contributed by atoms with Crippen LogP contribution in [0.1, 0.15) is 5.69 Å². The molecule has 0 unspecified atom stereocenters. The normalized spacial score (nSPS) is 11.5. The summed E-state index contributed by atoms with van der Waals surface area (Å²) < 4.78 is 32.8. The fourth-order valence-corrected chi connectivity index (χ4v) is 2.88. The molecule has 0 radical (unpaired) electrons. The molecule has 7 heteroatoms. The first-order valence-electron chi connectivity index (χ1n) is 9.04. The van der Waals surface area contributed by atoms with E-state index in [1.54, 1.807) is 6.07 Å². The van der Waals surface area contributed by atoms with Gasteiger partial charge in [0.15, 0.2) is 17.4 Å². The zero-order chi connectivity index (χ0) is 21.1. The minimum Gasteiger partial charge on any atom is -0.503 e. The smallest absolute Gasteiger partial charge is 0.187 e. The van der Waals surface area contributed by atoms with Crippen LogP contribution in [0.5, 0.6) is 17.2 Å². The van der Waals surface area contributed by atoms with E-state index in [0.29, 0.717) is 22.7 Å². The van der Waals surface area contributed by atoms with E-state index in [1.807, 2.05) is 54.6 Å². The Bertz CT molecular complexity index is 1220. The molecule has 0 atom stereocenters. The van der Waals surface area contributed by atoms with Crippen molar-refractivity contribution in [2.75, 3.05) is 5.32 Å². The molecule has 0 amide bonds. The molecule has 5 nitrogen and oxygen atoms in total. The van der Waals surface area contributed by atoms with E-state index in [0.717, 1.165) is 17.5 Å². The summed E-state index contributed by atoms with van der Waals surface area (Å²) in [4.78, 5) is 4.54. The summed E-state index contributed by atoms with van der Waals surface area (Å²) in [6.45, 7) is 0.